The van der Waals surface area contributed by atoms with E-state index in [1.807, 2.05) is 16.9 Å². The molecule has 0 saturated carbocycles. The Morgan fingerprint density at radius 3 is 3.15 bits per heavy atom. The average Bonchev–Trinajstić information content (AvgIpc) is 2.98. The van der Waals surface area contributed by atoms with Gasteiger partial charge < -0.3 is 15.0 Å². The normalized spacial score (nSPS) is 20.7. The van der Waals surface area contributed by atoms with Gasteiger partial charge in [0.2, 0.25) is 0 Å². The van der Waals surface area contributed by atoms with Gasteiger partial charge in [0.25, 0.3) is 0 Å². The molecule has 0 aliphatic carbocycles. The molecule has 2 heterocycles. The van der Waals surface area contributed by atoms with Gasteiger partial charge in [0.05, 0.1) is 7.11 Å². The van der Waals surface area contributed by atoms with Gasteiger partial charge in [-0.15, -0.1) is 0 Å². The number of likely N-dealkylation sites (tertiary alicyclic amines) is 1. The van der Waals surface area contributed by atoms with Crippen LogP contribution in [0.1, 0.15) is 26.2 Å². The number of hydrogen-bond donors (Lipinski definition) is 1. The number of aryl methyl sites for hydroxylation is 1. The predicted molar refractivity (Wildman–Crippen MR) is 76.4 cm³/mol. The Morgan fingerprint density at radius 2 is 2.45 bits per heavy atom. The molecule has 0 unspecified atom stereocenters. The zero-order valence-corrected chi connectivity index (χ0v) is 12.3. The summed E-state index contributed by atoms with van der Waals surface area (Å²) in [6.45, 7) is 4.63. The minimum Gasteiger partial charge on any atom is -0.453 e. The number of ether oxygens (including phenoxy) is 1. The first-order valence-corrected chi connectivity index (χ1v) is 7.25. The average molecular weight is 280 g/mol. The number of nitrogens with zero attached hydrogens (tertiary/aromatic N) is 3. The van der Waals surface area contributed by atoms with E-state index in [-0.39, 0.29) is 6.09 Å². The summed E-state index contributed by atoms with van der Waals surface area (Å²) in [6, 6.07) is 2.70. The van der Waals surface area contributed by atoms with Gasteiger partial charge in [-0.1, -0.05) is 0 Å². The van der Waals surface area contributed by atoms with Crippen molar-refractivity contribution >= 4 is 6.09 Å². The summed E-state index contributed by atoms with van der Waals surface area (Å²) in [5.74, 6) is 0. The Morgan fingerprint density at radius 1 is 1.60 bits per heavy atom. The van der Waals surface area contributed by atoms with E-state index in [0.29, 0.717) is 12.1 Å². The largest absolute Gasteiger partial charge is 0.453 e. The lowest BCUT2D eigenvalue weighted by Gasteiger charge is -2.33. The molecule has 1 aromatic heterocycles. The van der Waals surface area contributed by atoms with Gasteiger partial charge in [0, 0.05) is 44.1 Å². The molecular weight excluding hydrogens is 256 g/mol. The van der Waals surface area contributed by atoms with E-state index in [2.05, 4.69) is 17.3 Å². The van der Waals surface area contributed by atoms with Crippen LogP contribution in [-0.4, -0.2) is 53.1 Å². The van der Waals surface area contributed by atoms with Crippen molar-refractivity contribution in [2.45, 2.75) is 44.8 Å². The number of carbonyl (C=O) groups excluding carboxylic acids is 1. The van der Waals surface area contributed by atoms with E-state index in [9.17, 15) is 4.79 Å². The van der Waals surface area contributed by atoms with Crippen molar-refractivity contribution in [1.82, 2.24) is 20.0 Å². The second kappa shape index (κ2) is 7.28. The van der Waals surface area contributed by atoms with E-state index in [1.165, 1.54) is 7.11 Å². The number of hydrogen-bond acceptors (Lipinski definition) is 4. The molecule has 1 saturated heterocycles. The monoisotopic (exact) mass is 280 g/mol. The number of nitrogens with one attached hydrogen (secondary N) is 1. The van der Waals surface area contributed by atoms with Gasteiger partial charge in [-0.3, -0.25) is 4.68 Å². The molecule has 2 rings (SSSR count). The second-order valence-corrected chi connectivity index (χ2v) is 5.38. The molecule has 1 N–H and O–H groups in total. The van der Waals surface area contributed by atoms with Crippen LogP contribution < -0.4 is 5.32 Å². The van der Waals surface area contributed by atoms with E-state index in [0.717, 1.165) is 38.9 Å². The van der Waals surface area contributed by atoms with Crippen LogP contribution in [0.5, 0.6) is 0 Å². The van der Waals surface area contributed by atoms with Crippen LogP contribution in [0, 0.1) is 0 Å². The smallest absolute Gasteiger partial charge is 0.409 e. The lowest BCUT2D eigenvalue weighted by molar-refractivity contribution is 0.106. The third kappa shape index (κ3) is 4.23. The first-order chi connectivity index (χ1) is 9.69. The second-order valence-electron chi connectivity index (χ2n) is 5.38. The van der Waals surface area contributed by atoms with Crippen molar-refractivity contribution in [3.63, 3.8) is 0 Å². The van der Waals surface area contributed by atoms with Crippen LogP contribution in [0.2, 0.25) is 0 Å². The molecule has 112 valence electrons. The fraction of sp³-hybridized carbons (Fsp3) is 0.714. The molecule has 0 aromatic carbocycles. The maximum absolute atomic E-state index is 11.5. The molecule has 1 aliphatic heterocycles. The molecule has 0 bridgehead atoms. The molecule has 0 spiro atoms. The van der Waals surface area contributed by atoms with Crippen molar-refractivity contribution in [2.75, 3.05) is 20.2 Å². The summed E-state index contributed by atoms with van der Waals surface area (Å²) in [5, 5.41) is 7.80. The summed E-state index contributed by atoms with van der Waals surface area (Å²) in [6.07, 6.45) is 6.72. The van der Waals surface area contributed by atoms with Gasteiger partial charge in [-0.25, -0.2) is 4.79 Å². The van der Waals surface area contributed by atoms with Crippen LogP contribution in [0.3, 0.4) is 0 Å². The van der Waals surface area contributed by atoms with Crippen LogP contribution in [0.25, 0.3) is 0 Å². The summed E-state index contributed by atoms with van der Waals surface area (Å²) in [7, 11) is 1.44. The van der Waals surface area contributed by atoms with Gasteiger partial charge in [-0.05, 0) is 32.3 Å². The highest BCUT2D eigenvalue weighted by atomic mass is 16.5. The standard InChI is InChI=1S/C14H24N4O2/c1-12(6-10-18-9-4-7-15-18)16-13-5-3-8-17(11-13)14(19)20-2/h4,7,9,12-13,16H,3,5-6,8,10-11H2,1-2H3/t12-,13+/m0/s1. The molecule has 2 atom stereocenters. The topological polar surface area (TPSA) is 59.4 Å². The molecule has 0 radical (unpaired) electrons. The molecule has 6 nitrogen and oxygen atoms in total. The quantitative estimate of drug-likeness (QED) is 0.887. The van der Waals surface area contributed by atoms with Crippen molar-refractivity contribution < 1.29 is 9.53 Å². The van der Waals surface area contributed by atoms with E-state index in [1.54, 1.807) is 11.1 Å². The van der Waals surface area contributed by atoms with Crippen molar-refractivity contribution in [2.24, 2.45) is 0 Å². The minimum atomic E-state index is -0.222. The Balaban J connectivity index is 1.73. The van der Waals surface area contributed by atoms with E-state index in [4.69, 9.17) is 4.74 Å². The first-order valence-electron chi connectivity index (χ1n) is 7.25. The minimum absolute atomic E-state index is 0.222. The van der Waals surface area contributed by atoms with Crippen LogP contribution >= 0.6 is 0 Å². The van der Waals surface area contributed by atoms with Gasteiger partial charge in [-0.2, -0.15) is 5.10 Å². The zero-order valence-electron chi connectivity index (χ0n) is 12.3. The Bertz CT molecular complexity index is 407. The molecular formula is C14H24N4O2. The number of methoxy groups -OCH3 is 1. The first kappa shape index (κ1) is 14.8. The van der Waals surface area contributed by atoms with Crippen molar-refractivity contribution in [3.05, 3.63) is 18.5 Å². The molecule has 1 fully saturated rings. The fourth-order valence-corrected chi connectivity index (χ4v) is 2.65. The molecule has 1 aliphatic rings. The van der Waals surface area contributed by atoms with Gasteiger partial charge in [0.15, 0.2) is 0 Å². The van der Waals surface area contributed by atoms with E-state index < -0.39 is 0 Å². The van der Waals surface area contributed by atoms with Crippen LogP contribution in [0.15, 0.2) is 18.5 Å². The molecule has 1 aromatic rings. The summed E-state index contributed by atoms with van der Waals surface area (Å²) in [5.41, 5.74) is 0. The number of rotatable bonds is 5. The summed E-state index contributed by atoms with van der Waals surface area (Å²) >= 11 is 0. The van der Waals surface area contributed by atoms with Crippen molar-refractivity contribution in [3.8, 4) is 0 Å². The predicted octanol–water partition coefficient (Wildman–Crippen LogP) is 1.48. The third-order valence-corrected chi connectivity index (χ3v) is 3.72. The van der Waals surface area contributed by atoms with Crippen LogP contribution in [-0.2, 0) is 11.3 Å². The maximum Gasteiger partial charge on any atom is 0.409 e. The van der Waals surface area contributed by atoms with E-state index >= 15 is 0 Å². The summed E-state index contributed by atoms with van der Waals surface area (Å²) in [4.78, 5) is 13.3. The highest BCUT2D eigenvalue weighted by Crippen LogP contribution is 2.12. The Labute approximate surface area is 120 Å². The SMILES string of the molecule is COC(=O)N1CCC[C@@H](N[C@@H](C)CCn2cccn2)C1. The zero-order chi connectivity index (χ0) is 14.4. The van der Waals surface area contributed by atoms with Gasteiger partial charge in [0.1, 0.15) is 0 Å². The lowest BCUT2D eigenvalue weighted by Crippen LogP contribution is -2.50. The lowest BCUT2D eigenvalue weighted by atomic mass is 10.0. The molecule has 1 amide bonds. The Hall–Kier alpha value is -1.56. The highest BCUT2D eigenvalue weighted by molar-refractivity contribution is 5.67. The van der Waals surface area contributed by atoms with Crippen molar-refractivity contribution in [1.29, 1.82) is 0 Å². The summed E-state index contributed by atoms with van der Waals surface area (Å²) < 4.78 is 6.73. The third-order valence-electron chi connectivity index (χ3n) is 3.72. The van der Waals surface area contributed by atoms with Gasteiger partial charge >= 0.3 is 6.09 Å². The Kier molecular flexibility index (Phi) is 5.40. The molecule has 6 heteroatoms. The maximum atomic E-state index is 11.5. The van der Waals surface area contributed by atoms with Crippen LogP contribution in [0.4, 0.5) is 4.79 Å². The number of amides is 1. The molecule has 20 heavy (non-hydrogen) atoms. The number of aromatic nitrogens is 2. The number of piperidine rings is 1. The number of carbonyl (C=O) groups is 1. The highest BCUT2D eigenvalue weighted by Gasteiger charge is 2.24. The fourth-order valence-electron chi connectivity index (χ4n) is 2.65.